The molecular weight excluding hydrogens is 242 g/mol. The van der Waals surface area contributed by atoms with Gasteiger partial charge >= 0.3 is 12.0 Å². The van der Waals surface area contributed by atoms with Crippen molar-refractivity contribution in [1.82, 2.24) is 4.98 Å². The number of carbonyl (C=O) groups is 2. The molecule has 0 saturated heterocycles. The standard InChI is InChI=1S/C7H6ClN3O5/c8-1-4(12)10-7-9-3(2-16-7)5(11-15)6(13)14/h2,15H,1H2,(H,13,14)(H,9,10,12). The number of hydrogen-bond acceptors (Lipinski definition) is 6. The van der Waals surface area contributed by atoms with Crippen molar-refractivity contribution < 1.29 is 24.3 Å². The fraction of sp³-hybridized carbons (Fsp3) is 0.143. The summed E-state index contributed by atoms with van der Waals surface area (Å²) < 4.78 is 4.71. The average molecular weight is 248 g/mol. The maximum atomic E-state index is 10.8. The van der Waals surface area contributed by atoms with Crippen molar-refractivity contribution in [2.75, 3.05) is 11.2 Å². The highest BCUT2D eigenvalue weighted by Gasteiger charge is 2.18. The number of anilines is 1. The first-order valence-electron chi connectivity index (χ1n) is 3.85. The van der Waals surface area contributed by atoms with Crippen molar-refractivity contribution in [3.05, 3.63) is 12.0 Å². The van der Waals surface area contributed by atoms with E-state index in [-0.39, 0.29) is 17.6 Å². The number of amides is 1. The number of carbonyl (C=O) groups excluding carboxylic acids is 1. The molecule has 0 fully saturated rings. The molecule has 0 aliphatic rings. The molecule has 1 rings (SSSR count). The average Bonchev–Trinajstić information content (AvgIpc) is 2.66. The van der Waals surface area contributed by atoms with Gasteiger partial charge in [-0.25, -0.2) is 4.79 Å². The third-order valence-corrected chi connectivity index (χ3v) is 1.66. The van der Waals surface area contributed by atoms with Crippen molar-refractivity contribution in [2.45, 2.75) is 0 Å². The molecule has 8 nitrogen and oxygen atoms in total. The number of aromatic nitrogens is 1. The number of aliphatic carboxylic acids is 1. The smallest absolute Gasteiger partial charge is 0.360 e. The van der Waals surface area contributed by atoms with Gasteiger partial charge in [0.05, 0.1) is 0 Å². The number of oxazole rings is 1. The number of alkyl halides is 1. The van der Waals surface area contributed by atoms with E-state index in [2.05, 4.69) is 15.5 Å². The van der Waals surface area contributed by atoms with E-state index in [1.165, 1.54) is 0 Å². The summed E-state index contributed by atoms with van der Waals surface area (Å²) in [5, 5.41) is 21.7. The van der Waals surface area contributed by atoms with Crippen molar-refractivity contribution in [3.63, 3.8) is 0 Å². The zero-order valence-electron chi connectivity index (χ0n) is 7.68. The fourth-order valence-electron chi connectivity index (χ4n) is 0.796. The van der Waals surface area contributed by atoms with Crippen LogP contribution in [0.5, 0.6) is 0 Å². The normalized spacial score (nSPS) is 11.2. The molecule has 1 aromatic heterocycles. The largest absolute Gasteiger partial charge is 0.476 e. The highest BCUT2D eigenvalue weighted by Crippen LogP contribution is 2.08. The lowest BCUT2D eigenvalue weighted by atomic mass is 10.3. The summed E-state index contributed by atoms with van der Waals surface area (Å²) >= 11 is 5.21. The highest BCUT2D eigenvalue weighted by molar-refractivity contribution is 6.41. The summed E-state index contributed by atoms with van der Waals surface area (Å²) in [6.45, 7) is 0. The molecule has 0 unspecified atom stereocenters. The van der Waals surface area contributed by atoms with Gasteiger partial charge in [0.2, 0.25) is 11.6 Å². The molecular formula is C7H6ClN3O5. The molecule has 0 saturated carbocycles. The van der Waals surface area contributed by atoms with E-state index in [1.54, 1.807) is 0 Å². The number of hydrogen-bond donors (Lipinski definition) is 3. The fourth-order valence-corrected chi connectivity index (χ4v) is 0.863. The van der Waals surface area contributed by atoms with Crippen LogP contribution in [-0.2, 0) is 9.59 Å². The van der Waals surface area contributed by atoms with Crippen LogP contribution < -0.4 is 5.32 Å². The van der Waals surface area contributed by atoms with Crippen LogP contribution in [0, 0.1) is 0 Å². The second-order valence-corrected chi connectivity index (χ2v) is 2.74. The summed E-state index contributed by atoms with van der Waals surface area (Å²) in [5.74, 6) is -2.34. The zero-order valence-corrected chi connectivity index (χ0v) is 8.43. The van der Waals surface area contributed by atoms with E-state index in [1.807, 2.05) is 0 Å². The Balaban J connectivity index is 2.86. The Morgan fingerprint density at radius 1 is 1.62 bits per heavy atom. The number of rotatable bonds is 4. The molecule has 1 heterocycles. The van der Waals surface area contributed by atoms with Gasteiger partial charge in [-0.15, -0.1) is 11.6 Å². The first kappa shape index (κ1) is 12.0. The van der Waals surface area contributed by atoms with Crippen LogP contribution in [0.1, 0.15) is 5.69 Å². The first-order chi connectivity index (χ1) is 7.58. The van der Waals surface area contributed by atoms with Crippen LogP contribution in [0.2, 0.25) is 0 Å². The molecule has 0 aromatic carbocycles. The second-order valence-electron chi connectivity index (χ2n) is 2.47. The van der Waals surface area contributed by atoms with Crippen LogP contribution in [0.25, 0.3) is 0 Å². The third-order valence-electron chi connectivity index (χ3n) is 1.42. The van der Waals surface area contributed by atoms with Gasteiger partial charge in [-0.2, -0.15) is 4.98 Å². The zero-order chi connectivity index (χ0) is 12.1. The third kappa shape index (κ3) is 2.70. The van der Waals surface area contributed by atoms with E-state index in [9.17, 15) is 9.59 Å². The van der Waals surface area contributed by atoms with Gasteiger partial charge in [-0.1, -0.05) is 5.16 Å². The van der Waals surface area contributed by atoms with Crippen molar-refractivity contribution >= 4 is 35.2 Å². The number of carboxylic acid groups (broad SMARTS) is 1. The Hall–Kier alpha value is -2.09. The Morgan fingerprint density at radius 2 is 2.31 bits per heavy atom. The van der Waals surface area contributed by atoms with Gasteiger partial charge in [0.15, 0.2) is 0 Å². The first-order valence-corrected chi connectivity index (χ1v) is 4.39. The molecule has 86 valence electrons. The SMILES string of the molecule is O=C(CCl)Nc1nc(C(=NO)C(=O)O)co1. The molecule has 3 N–H and O–H groups in total. The van der Waals surface area contributed by atoms with Gasteiger partial charge in [0, 0.05) is 0 Å². The Bertz CT molecular complexity index is 441. The molecule has 0 bridgehead atoms. The molecule has 9 heteroatoms. The minimum Gasteiger partial charge on any atom is -0.476 e. The lowest BCUT2D eigenvalue weighted by molar-refractivity contribution is -0.129. The van der Waals surface area contributed by atoms with E-state index in [4.69, 9.17) is 26.3 Å². The summed E-state index contributed by atoms with van der Waals surface area (Å²) in [6.07, 6.45) is 0.924. The van der Waals surface area contributed by atoms with Crippen molar-refractivity contribution in [2.24, 2.45) is 5.16 Å². The van der Waals surface area contributed by atoms with Crippen molar-refractivity contribution in [1.29, 1.82) is 0 Å². The second kappa shape index (κ2) is 5.12. The number of nitrogens with one attached hydrogen (secondary N) is 1. The minimum atomic E-state index is -1.48. The summed E-state index contributed by atoms with van der Waals surface area (Å²) in [5.41, 5.74) is -0.921. The molecule has 0 aliphatic carbocycles. The van der Waals surface area contributed by atoms with E-state index in [0.29, 0.717) is 0 Å². The van der Waals surface area contributed by atoms with E-state index in [0.717, 1.165) is 6.26 Å². The maximum absolute atomic E-state index is 10.8. The highest BCUT2D eigenvalue weighted by atomic mass is 35.5. The molecule has 0 atom stereocenters. The molecule has 0 aliphatic heterocycles. The Labute approximate surface area is 93.5 Å². The lowest BCUT2D eigenvalue weighted by Gasteiger charge is -1.94. The predicted octanol–water partition coefficient (Wildman–Crippen LogP) is 0.115. The van der Waals surface area contributed by atoms with Gasteiger partial charge in [0.1, 0.15) is 17.8 Å². The van der Waals surface area contributed by atoms with Crippen LogP contribution >= 0.6 is 11.6 Å². The monoisotopic (exact) mass is 247 g/mol. The van der Waals surface area contributed by atoms with E-state index >= 15 is 0 Å². The number of oxime groups is 1. The molecule has 16 heavy (non-hydrogen) atoms. The van der Waals surface area contributed by atoms with Gasteiger partial charge in [-0.3, -0.25) is 10.1 Å². The minimum absolute atomic E-state index is 0.222. The van der Waals surface area contributed by atoms with Crippen LogP contribution in [0.4, 0.5) is 6.01 Å². The van der Waals surface area contributed by atoms with E-state index < -0.39 is 17.6 Å². The van der Waals surface area contributed by atoms with Gasteiger partial charge in [0.25, 0.3) is 0 Å². The van der Waals surface area contributed by atoms with Crippen LogP contribution in [0.15, 0.2) is 15.8 Å². The maximum Gasteiger partial charge on any atom is 0.360 e. The van der Waals surface area contributed by atoms with Crippen molar-refractivity contribution in [3.8, 4) is 0 Å². The predicted molar refractivity (Wildman–Crippen MR) is 51.8 cm³/mol. The van der Waals surface area contributed by atoms with Gasteiger partial charge < -0.3 is 14.7 Å². The molecule has 0 radical (unpaired) electrons. The summed E-state index contributed by atoms with van der Waals surface area (Å²) in [4.78, 5) is 24.9. The summed E-state index contributed by atoms with van der Waals surface area (Å²) in [7, 11) is 0. The Morgan fingerprint density at radius 3 is 2.81 bits per heavy atom. The number of carboxylic acids is 1. The van der Waals surface area contributed by atoms with Crippen LogP contribution in [0.3, 0.4) is 0 Å². The summed E-state index contributed by atoms with van der Waals surface area (Å²) in [6, 6.07) is -0.233. The number of halogens is 1. The van der Waals surface area contributed by atoms with Gasteiger partial charge in [-0.05, 0) is 0 Å². The lowest BCUT2D eigenvalue weighted by Crippen LogP contribution is -2.16. The quantitative estimate of drug-likeness (QED) is 0.300. The Kier molecular flexibility index (Phi) is 3.84. The molecule has 0 spiro atoms. The molecule has 1 aromatic rings. The van der Waals surface area contributed by atoms with Crippen LogP contribution in [-0.4, -0.2) is 38.8 Å². The molecule has 1 amide bonds. The topological polar surface area (TPSA) is 125 Å². The number of nitrogens with zero attached hydrogens (tertiary/aromatic N) is 2.